The number of benzene rings is 2. The van der Waals surface area contributed by atoms with Gasteiger partial charge in [-0.15, -0.1) is 0 Å². The highest BCUT2D eigenvalue weighted by Crippen LogP contribution is 2.40. The van der Waals surface area contributed by atoms with E-state index >= 15 is 0 Å². The van der Waals surface area contributed by atoms with Gasteiger partial charge in [-0.1, -0.05) is 12.1 Å². The molecule has 5 rings (SSSR count). The maximum absolute atomic E-state index is 11.7. The minimum Gasteiger partial charge on any atom is -0.380 e. The van der Waals surface area contributed by atoms with Crippen LogP contribution in [0.15, 0.2) is 42.6 Å². The Kier molecular flexibility index (Phi) is 4.71. The van der Waals surface area contributed by atoms with Crippen molar-refractivity contribution in [2.24, 2.45) is 5.92 Å². The number of fused-ring (bicyclic) bond motifs is 3. The van der Waals surface area contributed by atoms with Crippen molar-refractivity contribution in [3.63, 3.8) is 0 Å². The SMILES string of the molecule is Cc1ccc(CN2CC3CCC2C3Nc2ccc3[nH]ncc3c2)cc1NS(C)(=O)=O. The number of likely N-dealkylation sites (tertiary alicyclic amines) is 1. The largest absolute Gasteiger partial charge is 0.380 e. The normalized spacial score (nSPS) is 23.9. The summed E-state index contributed by atoms with van der Waals surface area (Å²) in [6.07, 6.45) is 5.49. The van der Waals surface area contributed by atoms with Crippen molar-refractivity contribution in [3.8, 4) is 0 Å². The van der Waals surface area contributed by atoms with E-state index in [1.807, 2.05) is 25.3 Å². The summed E-state index contributed by atoms with van der Waals surface area (Å²) in [7, 11) is -3.29. The second-order valence-corrected chi connectivity index (χ2v) is 10.4. The third-order valence-corrected chi connectivity index (χ3v) is 7.04. The molecule has 3 atom stereocenters. The van der Waals surface area contributed by atoms with Crippen LogP contribution in [0.5, 0.6) is 0 Å². The Labute approximate surface area is 176 Å². The standard InChI is InChI=1S/C22H27N5O2S/c1-14-3-4-15(9-20(14)26-30(2,28)29)12-27-13-16-5-8-21(27)22(16)24-18-6-7-19-17(10-18)11-23-25-19/h3-4,6-7,9-11,16,21-22,24,26H,5,8,12-13H2,1-2H3,(H,23,25). The minimum atomic E-state index is -3.29. The van der Waals surface area contributed by atoms with Crippen LogP contribution in [0.4, 0.5) is 11.4 Å². The molecule has 2 heterocycles. The molecule has 0 spiro atoms. The predicted octanol–water partition coefficient (Wildman–Crippen LogP) is 3.32. The van der Waals surface area contributed by atoms with Gasteiger partial charge in [-0.25, -0.2) is 8.42 Å². The first-order valence-electron chi connectivity index (χ1n) is 10.4. The maximum Gasteiger partial charge on any atom is 0.229 e. The van der Waals surface area contributed by atoms with Gasteiger partial charge in [-0.3, -0.25) is 14.7 Å². The van der Waals surface area contributed by atoms with Crippen LogP contribution < -0.4 is 10.0 Å². The number of nitrogens with one attached hydrogen (secondary N) is 3. The highest BCUT2D eigenvalue weighted by Gasteiger charge is 2.46. The molecular formula is C22H27N5O2S. The lowest BCUT2D eigenvalue weighted by Gasteiger charge is -2.28. The number of hydrogen-bond acceptors (Lipinski definition) is 5. The molecule has 1 aliphatic heterocycles. The third-order valence-electron chi connectivity index (χ3n) is 6.45. The molecule has 2 aromatic carbocycles. The Morgan fingerprint density at radius 1 is 1.20 bits per heavy atom. The van der Waals surface area contributed by atoms with Crippen LogP contribution in [0.1, 0.15) is 24.0 Å². The van der Waals surface area contributed by atoms with E-state index in [9.17, 15) is 8.42 Å². The zero-order chi connectivity index (χ0) is 20.9. The number of aromatic amines is 1. The topological polar surface area (TPSA) is 90.1 Å². The Morgan fingerprint density at radius 2 is 2.07 bits per heavy atom. The molecule has 1 saturated carbocycles. The van der Waals surface area contributed by atoms with E-state index in [0.717, 1.165) is 40.8 Å². The molecule has 1 aromatic heterocycles. The lowest BCUT2D eigenvalue weighted by molar-refractivity contribution is 0.204. The van der Waals surface area contributed by atoms with E-state index in [1.54, 1.807) is 0 Å². The molecule has 2 bridgehead atoms. The van der Waals surface area contributed by atoms with Crippen LogP contribution in [-0.2, 0) is 16.6 Å². The lowest BCUT2D eigenvalue weighted by atomic mass is 10.1. The average molecular weight is 426 g/mol. The number of aryl methyl sites for hydroxylation is 1. The van der Waals surface area contributed by atoms with Gasteiger partial charge in [0.25, 0.3) is 0 Å². The average Bonchev–Trinajstić information content (AvgIpc) is 3.38. The quantitative estimate of drug-likeness (QED) is 0.564. The van der Waals surface area contributed by atoms with Crippen molar-refractivity contribution in [2.45, 2.75) is 38.4 Å². The second-order valence-electron chi connectivity index (χ2n) is 8.70. The van der Waals surface area contributed by atoms with Crippen molar-refractivity contribution >= 4 is 32.3 Å². The van der Waals surface area contributed by atoms with Crippen molar-refractivity contribution < 1.29 is 8.42 Å². The van der Waals surface area contributed by atoms with Crippen LogP contribution >= 0.6 is 0 Å². The number of piperidine rings is 1. The lowest BCUT2D eigenvalue weighted by Crippen LogP contribution is -2.36. The molecular weight excluding hydrogens is 398 g/mol. The molecule has 1 saturated heterocycles. The zero-order valence-electron chi connectivity index (χ0n) is 17.2. The van der Waals surface area contributed by atoms with Crippen molar-refractivity contribution in [2.75, 3.05) is 22.8 Å². The van der Waals surface area contributed by atoms with Gasteiger partial charge in [0.15, 0.2) is 0 Å². The van der Waals surface area contributed by atoms with Crippen LogP contribution in [-0.4, -0.2) is 48.4 Å². The monoisotopic (exact) mass is 425 g/mol. The van der Waals surface area contributed by atoms with Gasteiger partial charge in [-0.2, -0.15) is 5.10 Å². The van der Waals surface area contributed by atoms with Crippen molar-refractivity contribution in [1.29, 1.82) is 0 Å². The fourth-order valence-electron chi connectivity index (χ4n) is 5.04. The van der Waals surface area contributed by atoms with Crippen molar-refractivity contribution in [3.05, 3.63) is 53.7 Å². The Morgan fingerprint density at radius 3 is 2.90 bits per heavy atom. The Balaban J connectivity index is 1.31. The first kappa shape index (κ1) is 19.4. The molecule has 7 nitrogen and oxygen atoms in total. The number of H-pyrrole nitrogens is 1. The first-order chi connectivity index (χ1) is 14.4. The summed E-state index contributed by atoms with van der Waals surface area (Å²) in [5, 5.41) is 12.0. The number of nitrogens with zero attached hydrogens (tertiary/aromatic N) is 2. The molecule has 0 radical (unpaired) electrons. The highest BCUT2D eigenvalue weighted by atomic mass is 32.2. The summed E-state index contributed by atoms with van der Waals surface area (Å²) in [5.41, 5.74) is 4.93. The molecule has 0 amide bonds. The van der Waals surface area contributed by atoms with E-state index in [-0.39, 0.29) is 0 Å². The number of hydrogen-bond donors (Lipinski definition) is 3. The van der Waals surface area contributed by atoms with Gasteiger partial charge in [0.05, 0.1) is 23.7 Å². The molecule has 30 heavy (non-hydrogen) atoms. The van der Waals surface area contributed by atoms with E-state index in [2.05, 4.69) is 49.4 Å². The Hall–Kier alpha value is -2.58. The fourth-order valence-corrected chi connectivity index (χ4v) is 5.66. The predicted molar refractivity (Wildman–Crippen MR) is 120 cm³/mol. The van der Waals surface area contributed by atoms with Crippen LogP contribution in [0.25, 0.3) is 10.9 Å². The molecule has 3 unspecified atom stereocenters. The van der Waals surface area contributed by atoms with Crippen LogP contribution in [0.3, 0.4) is 0 Å². The maximum atomic E-state index is 11.7. The van der Waals surface area contributed by atoms with Crippen molar-refractivity contribution in [1.82, 2.24) is 15.1 Å². The summed E-state index contributed by atoms with van der Waals surface area (Å²) in [4.78, 5) is 2.54. The van der Waals surface area contributed by atoms with E-state index in [0.29, 0.717) is 23.7 Å². The third kappa shape index (κ3) is 3.77. The van der Waals surface area contributed by atoms with E-state index in [1.165, 1.54) is 19.1 Å². The molecule has 158 valence electrons. The smallest absolute Gasteiger partial charge is 0.229 e. The van der Waals surface area contributed by atoms with Gasteiger partial charge >= 0.3 is 0 Å². The highest BCUT2D eigenvalue weighted by molar-refractivity contribution is 7.92. The Bertz CT molecular complexity index is 1190. The number of sulfonamides is 1. The summed E-state index contributed by atoms with van der Waals surface area (Å²) < 4.78 is 26.0. The van der Waals surface area contributed by atoms with Gasteiger partial charge in [0.1, 0.15) is 0 Å². The van der Waals surface area contributed by atoms with Gasteiger partial charge in [-0.05, 0) is 61.1 Å². The molecule has 3 N–H and O–H groups in total. The summed E-state index contributed by atoms with van der Waals surface area (Å²) >= 11 is 0. The number of aromatic nitrogens is 2. The van der Waals surface area contributed by atoms with Crippen LogP contribution in [0.2, 0.25) is 0 Å². The number of anilines is 2. The molecule has 3 aromatic rings. The second kappa shape index (κ2) is 7.28. The van der Waals surface area contributed by atoms with E-state index in [4.69, 9.17) is 0 Å². The van der Waals surface area contributed by atoms with Gasteiger partial charge < -0.3 is 5.32 Å². The van der Waals surface area contributed by atoms with E-state index < -0.39 is 10.0 Å². The number of rotatable bonds is 6. The summed E-state index contributed by atoms with van der Waals surface area (Å²) in [6, 6.07) is 13.3. The minimum absolute atomic E-state index is 0.438. The molecule has 1 aliphatic carbocycles. The summed E-state index contributed by atoms with van der Waals surface area (Å²) in [5.74, 6) is 0.633. The fraction of sp³-hybridized carbons (Fsp3) is 0.409. The zero-order valence-corrected chi connectivity index (χ0v) is 18.0. The molecule has 2 fully saturated rings. The molecule has 2 aliphatic rings. The van der Waals surface area contributed by atoms with Gasteiger partial charge in [0.2, 0.25) is 10.0 Å². The molecule has 8 heteroatoms. The van der Waals surface area contributed by atoms with Gasteiger partial charge in [0, 0.05) is 36.2 Å². The first-order valence-corrected chi connectivity index (χ1v) is 12.3. The summed E-state index contributed by atoms with van der Waals surface area (Å²) in [6.45, 7) is 3.82. The van der Waals surface area contributed by atoms with Crippen LogP contribution in [0, 0.1) is 12.8 Å².